The third-order valence-electron chi connectivity index (χ3n) is 3.56. The summed E-state index contributed by atoms with van der Waals surface area (Å²) in [5.41, 5.74) is 0. The number of likely N-dealkylation sites (tertiary alicyclic amines) is 1. The van der Waals surface area contributed by atoms with E-state index in [1.165, 1.54) is 0 Å². The Hall–Kier alpha value is -1.14. The third kappa shape index (κ3) is 3.43. The molecule has 1 fully saturated rings. The fourth-order valence-corrected chi connectivity index (χ4v) is 2.38. The Morgan fingerprint density at radius 1 is 1.50 bits per heavy atom. The van der Waals surface area contributed by atoms with Gasteiger partial charge in [0.2, 0.25) is 5.91 Å². The number of nitrogens with zero attached hydrogens (tertiary/aromatic N) is 1. The van der Waals surface area contributed by atoms with Gasteiger partial charge in [0.1, 0.15) is 0 Å². The second-order valence-electron chi connectivity index (χ2n) is 4.78. The van der Waals surface area contributed by atoms with Crippen LogP contribution in [0.1, 0.15) is 27.2 Å². The number of rotatable bonds is 4. The van der Waals surface area contributed by atoms with Gasteiger partial charge in [-0.1, -0.05) is 6.92 Å². The average molecular weight is 257 g/mol. The predicted molar refractivity (Wildman–Crippen MR) is 68.0 cm³/mol. The lowest BCUT2D eigenvalue weighted by molar-refractivity contribution is -0.125. The zero-order valence-electron chi connectivity index (χ0n) is 11.3. The van der Waals surface area contributed by atoms with Crippen LogP contribution in [0.4, 0.5) is 4.79 Å². The minimum atomic E-state index is -0.470. The van der Waals surface area contributed by atoms with E-state index in [1.807, 2.05) is 4.90 Å². The van der Waals surface area contributed by atoms with Crippen LogP contribution in [0.5, 0.6) is 0 Å². The number of carbonyl (C=O) groups excluding carboxylic acids is 2. The maximum absolute atomic E-state index is 11.9. The van der Waals surface area contributed by atoms with Crippen LogP contribution in [0, 0.1) is 5.92 Å². The normalized spacial score (nSPS) is 25.8. The topological polar surface area (TPSA) is 81.7 Å². The predicted octanol–water partition coefficient (Wildman–Crippen LogP) is -0.0767. The molecule has 0 aliphatic carbocycles. The third-order valence-corrected chi connectivity index (χ3v) is 3.56. The van der Waals surface area contributed by atoms with E-state index in [-0.39, 0.29) is 18.6 Å². The SMILES string of the molecule is CCNC(=O)NC(=O)C(C)N1CCC(C)C1CO. The Morgan fingerprint density at radius 2 is 2.17 bits per heavy atom. The fourth-order valence-electron chi connectivity index (χ4n) is 2.38. The van der Waals surface area contributed by atoms with Crippen molar-refractivity contribution in [3.63, 3.8) is 0 Å². The minimum Gasteiger partial charge on any atom is -0.395 e. The van der Waals surface area contributed by atoms with E-state index >= 15 is 0 Å². The van der Waals surface area contributed by atoms with Crippen molar-refractivity contribution in [3.8, 4) is 0 Å². The summed E-state index contributed by atoms with van der Waals surface area (Å²) in [4.78, 5) is 25.1. The van der Waals surface area contributed by atoms with Gasteiger partial charge in [0.05, 0.1) is 12.6 Å². The molecule has 1 rings (SSSR count). The van der Waals surface area contributed by atoms with E-state index in [0.29, 0.717) is 12.5 Å². The lowest BCUT2D eigenvalue weighted by Crippen LogP contribution is -2.52. The maximum Gasteiger partial charge on any atom is 0.321 e. The van der Waals surface area contributed by atoms with E-state index in [0.717, 1.165) is 13.0 Å². The highest BCUT2D eigenvalue weighted by Crippen LogP contribution is 2.25. The van der Waals surface area contributed by atoms with Crippen molar-refractivity contribution in [2.75, 3.05) is 19.7 Å². The molecule has 1 saturated heterocycles. The number of amides is 3. The van der Waals surface area contributed by atoms with Gasteiger partial charge in [-0.2, -0.15) is 0 Å². The van der Waals surface area contributed by atoms with Crippen LogP contribution in [-0.4, -0.2) is 53.7 Å². The van der Waals surface area contributed by atoms with Gasteiger partial charge in [-0.15, -0.1) is 0 Å². The molecule has 3 N–H and O–H groups in total. The number of carbonyl (C=O) groups is 2. The molecule has 18 heavy (non-hydrogen) atoms. The molecule has 3 amide bonds. The van der Waals surface area contributed by atoms with Crippen molar-refractivity contribution in [1.29, 1.82) is 0 Å². The molecule has 1 aliphatic rings. The number of aliphatic hydroxyl groups is 1. The van der Waals surface area contributed by atoms with E-state index < -0.39 is 12.1 Å². The number of urea groups is 1. The first-order chi connectivity index (χ1) is 8.51. The zero-order chi connectivity index (χ0) is 13.7. The molecule has 104 valence electrons. The molecule has 1 heterocycles. The molecule has 0 aromatic heterocycles. The highest BCUT2D eigenvalue weighted by atomic mass is 16.3. The second-order valence-corrected chi connectivity index (χ2v) is 4.78. The van der Waals surface area contributed by atoms with Gasteiger partial charge >= 0.3 is 6.03 Å². The summed E-state index contributed by atoms with van der Waals surface area (Å²) in [5.74, 6) is 0.0446. The smallest absolute Gasteiger partial charge is 0.321 e. The van der Waals surface area contributed by atoms with Gasteiger partial charge in [0, 0.05) is 12.6 Å². The first kappa shape index (κ1) is 14.9. The van der Waals surface area contributed by atoms with Crippen LogP contribution >= 0.6 is 0 Å². The summed E-state index contributed by atoms with van der Waals surface area (Å²) >= 11 is 0. The Labute approximate surface area is 108 Å². The molecule has 1 aliphatic heterocycles. The molecule has 6 nitrogen and oxygen atoms in total. The molecule has 3 atom stereocenters. The fraction of sp³-hybridized carbons (Fsp3) is 0.833. The summed E-state index contributed by atoms with van der Waals surface area (Å²) < 4.78 is 0. The monoisotopic (exact) mass is 257 g/mol. The van der Waals surface area contributed by atoms with Crippen LogP contribution in [0.3, 0.4) is 0 Å². The molecule has 0 saturated carbocycles. The Kier molecular flexibility index (Phi) is 5.55. The van der Waals surface area contributed by atoms with Crippen molar-refractivity contribution in [2.24, 2.45) is 5.92 Å². The molecule has 0 bridgehead atoms. The van der Waals surface area contributed by atoms with Gasteiger partial charge in [0.25, 0.3) is 0 Å². The number of hydrogen-bond acceptors (Lipinski definition) is 4. The van der Waals surface area contributed by atoms with Gasteiger partial charge in [0.15, 0.2) is 0 Å². The van der Waals surface area contributed by atoms with Crippen molar-refractivity contribution < 1.29 is 14.7 Å². The van der Waals surface area contributed by atoms with Gasteiger partial charge in [-0.25, -0.2) is 4.79 Å². The van der Waals surface area contributed by atoms with E-state index in [4.69, 9.17) is 0 Å². The van der Waals surface area contributed by atoms with Crippen LogP contribution in [0.15, 0.2) is 0 Å². The van der Waals surface area contributed by atoms with Gasteiger partial charge in [-0.05, 0) is 32.7 Å². The van der Waals surface area contributed by atoms with E-state index in [1.54, 1.807) is 13.8 Å². The molecule has 0 radical (unpaired) electrons. The van der Waals surface area contributed by atoms with E-state index in [9.17, 15) is 14.7 Å². The first-order valence-electron chi connectivity index (χ1n) is 6.46. The van der Waals surface area contributed by atoms with E-state index in [2.05, 4.69) is 17.6 Å². The van der Waals surface area contributed by atoms with Gasteiger partial charge < -0.3 is 10.4 Å². The first-order valence-corrected chi connectivity index (χ1v) is 6.46. The summed E-state index contributed by atoms with van der Waals surface area (Å²) in [6.45, 7) is 6.91. The van der Waals surface area contributed by atoms with Crippen molar-refractivity contribution in [1.82, 2.24) is 15.5 Å². The number of aliphatic hydroxyl groups excluding tert-OH is 1. The molecule has 3 unspecified atom stereocenters. The summed E-state index contributed by atoms with van der Waals surface area (Å²) in [5, 5.41) is 14.2. The molecular weight excluding hydrogens is 234 g/mol. The maximum atomic E-state index is 11.9. The second kappa shape index (κ2) is 6.70. The van der Waals surface area contributed by atoms with Crippen LogP contribution < -0.4 is 10.6 Å². The van der Waals surface area contributed by atoms with Crippen molar-refractivity contribution in [3.05, 3.63) is 0 Å². The highest BCUT2D eigenvalue weighted by Gasteiger charge is 2.36. The average Bonchev–Trinajstić information content (AvgIpc) is 2.69. The quantitative estimate of drug-likeness (QED) is 0.658. The largest absolute Gasteiger partial charge is 0.395 e. The van der Waals surface area contributed by atoms with Crippen LogP contribution in [0.2, 0.25) is 0 Å². The molecule has 0 spiro atoms. The summed E-state index contributed by atoms with van der Waals surface area (Å²) in [6, 6.07) is -0.878. The number of hydrogen-bond donors (Lipinski definition) is 3. The van der Waals surface area contributed by atoms with Gasteiger partial charge in [-0.3, -0.25) is 15.0 Å². The minimum absolute atomic E-state index is 0.0000126. The molecule has 6 heteroatoms. The molecule has 0 aromatic carbocycles. The summed E-state index contributed by atoms with van der Waals surface area (Å²) in [6.07, 6.45) is 0.962. The lowest BCUT2D eigenvalue weighted by Gasteiger charge is -2.29. The zero-order valence-corrected chi connectivity index (χ0v) is 11.3. The van der Waals surface area contributed by atoms with Crippen LogP contribution in [0.25, 0.3) is 0 Å². The number of imide groups is 1. The van der Waals surface area contributed by atoms with Crippen molar-refractivity contribution in [2.45, 2.75) is 39.3 Å². The Balaban J connectivity index is 2.55. The molecular formula is C12H23N3O3. The summed E-state index contributed by atoms with van der Waals surface area (Å²) in [7, 11) is 0. The van der Waals surface area contributed by atoms with Crippen molar-refractivity contribution >= 4 is 11.9 Å². The Morgan fingerprint density at radius 3 is 2.72 bits per heavy atom. The highest BCUT2D eigenvalue weighted by molar-refractivity contribution is 5.96. The Bertz CT molecular complexity index is 309. The molecule has 0 aromatic rings. The van der Waals surface area contributed by atoms with Crippen LogP contribution in [-0.2, 0) is 4.79 Å². The number of nitrogens with one attached hydrogen (secondary N) is 2. The lowest BCUT2D eigenvalue weighted by atomic mass is 10.0. The standard InChI is InChI=1S/C12H23N3O3/c1-4-13-12(18)14-11(17)9(3)15-6-5-8(2)10(15)7-16/h8-10,16H,4-7H2,1-3H3,(H2,13,14,17,18).